The van der Waals surface area contributed by atoms with E-state index in [4.69, 9.17) is 4.42 Å². The van der Waals surface area contributed by atoms with Gasteiger partial charge in [0.25, 0.3) is 0 Å². The Morgan fingerprint density at radius 3 is 1.54 bits per heavy atom. The Hall–Kier alpha value is -7.42. The summed E-state index contributed by atoms with van der Waals surface area (Å²) in [6.45, 7) is 0. The molecule has 0 aliphatic heterocycles. The van der Waals surface area contributed by atoms with Gasteiger partial charge in [-0.25, -0.2) is 0 Å². The van der Waals surface area contributed by atoms with Crippen molar-refractivity contribution >= 4 is 71.3 Å². The van der Waals surface area contributed by atoms with Crippen LogP contribution in [0.3, 0.4) is 0 Å². The van der Waals surface area contributed by atoms with E-state index in [0.717, 1.165) is 50.1 Å². The third kappa shape index (κ3) is 5.19. The van der Waals surface area contributed by atoms with E-state index < -0.39 is 0 Å². The SMILES string of the molecule is c1ccc(-c2c(N(c3ccc(-c4cccc5ccccc45)cc3)c3ccc(-c4cccc5oc6ccccc6c45)cc3)c3ccccc3c3ccccc23)cc1. The first-order valence-electron chi connectivity index (χ1n) is 19.2. The average molecular weight is 714 g/mol. The Morgan fingerprint density at radius 2 is 0.804 bits per heavy atom. The van der Waals surface area contributed by atoms with Crippen LogP contribution in [0.25, 0.3) is 87.6 Å². The topological polar surface area (TPSA) is 16.4 Å². The van der Waals surface area contributed by atoms with E-state index in [1.165, 1.54) is 54.6 Å². The first kappa shape index (κ1) is 32.0. The van der Waals surface area contributed by atoms with Crippen molar-refractivity contribution in [2.75, 3.05) is 4.90 Å². The number of fused-ring (bicyclic) bond motifs is 7. The molecule has 10 aromatic carbocycles. The lowest BCUT2D eigenvalue weighted by Crippen LogP contribution is -2.12. The Morgan fingerprint density at radius 1 is 0.304 bits per heavy atom. The van der Waals surface area contributed by atoms with Crippen molar-refractivity contribution in [2.24, 2.45) is 0 Å². The molecular formula is C54H35NO. The van der Waals surface area contributed by atoms with Crippen molar-refractivity contribution in [3.8, 4) is 33.4 Å². The molecule has 0 fully saturated rings. The van der Waals surface area contributed by atoms with Crippen molar-refractivity contribution in [3.05, 3.63) is 212 Å². The van der Waals surface area contributed by atoms with Crippen molar-refractivity contribution in [2.45, 2.75) is 0 Å². The summed E-state index contributed by atoms with van der Waals surface area (Å²) in [7, 11) is 0. The maximum absolute atomic E-state index is 6.28. The fourth-order valence-electron chi connectivity index (χ4n) is 8.73. The van der Waals surface area contributed by atoms with Crippen LogP contribution in [0.4, 0.5) is 17.1 Å². The number of rotatable bonds is 6. The first-order chi connectivity index (χ1) is 27.8. The molecule has 0 unspecified atom stereocenters. The molecule has 0 amide bonds. The standard InChI is InChI=1S/C54H35NO/c1-2-15-39(16-3-1)52-47-21-8-6-19-45(47)46-20-7-9-22-48(46)54(52)55(40-32-28-37(29-33-40)43-24-12-17-36-14-4-5-18-42(36)43)41-34-30-38(31-35-41)44-25-13-27-51-53(44)49-23-10-11-26-50(49)56-51/h1-35H. The summed E-state index contributed by atoms with van der Waals surface area (Å²) >= 11 is 0. The summed E-state index contributed by atoms with van der Waals surface area (Å²) in [4.78, 5) is 2.46. The molecule has 1 heterocycles. The van der Waals surface area contributed by atoms with Crippen LogP contribution in [-0.2, 0) is 0 Å². The predicted octanol–water partition coefficient (Wildman–Crippen LogP) is 15.5. The van der Waals surface area contributed by atoms with E-state index in [-0.39, 0.29) is 0 Å². The fourth-order valence-corrected chi connectivity index (χ4v) is 8.73. The van der Waals surface area contributed by atoms with Crippen molar-refractivity contribution in [3.63, 3.8) is 0 Å². The molecule has 56 heavy (non-hydrogen) atoms. The summed E-state index contributed by atoms with van der Waals surface area (Å²) in [5, 5.41) is 9.65. The predicted molar refractivity (Wildman–Crippen MR) is 237 cm³/mol. The van der Waals surface area contributed by atoms with Crippen LogP contribution in [0, 0.1) is 0 Å². The maximum Gasteiger partial charge on any atom is 0.136 e. The van der Waals surface area contributed by atoms with Gasteiger partial charge in [0.2, 0.25) is 0 Å². The van der Waals surface area contributed by atoms with Gasteiger partial charge in [-0.1, -0.05) is 176 Å². The Bertz CT molecular complexity index is 3230. The van der Waals surface area contributed by atoms with Crippen LogP contribution >= 0.6 is 0 Å². The highest BCUT2D eigenvalue weighted by Gasteiger charge is 2.24. The van der Waals surface area contributed by atoms with E-state index in [9.17, 15) is 0 Å². The molecule has 0 aliphatic carbocycles. The summed E-state index contributed by atoms with van der Waals surface area (Å²) in [5.41, 5.74) is 12.2. The van der Waals surface area contributed by atoms with E-state index in [1.54, 1.807) is 0 Å². The van der Waals surface area contributed by atoms with Gasteiger partial charge in [0, 0.05) is 33.1 Å². The zero-order chi connectivity index (χ0) is 37.0. The van der Waals surface area contributed by atoms with E-state index in [2.05, 4.69) is 205 Å². The molecule has 0 radical (unpaired) electrons. The molecule has 11 aromatic rings. The minimum atomic E-state index is 0.899. The highest BCUT2D eigenvalue weighted by Crippen LogP contribution is 2.50. The summed E-state index contributed by atoms with van der Waals surface area (Å²) in [5.74, 6) is 0. The lowest BCUT2D eigenvalue weighted by atomic mass is 9.90. The number of para-hydroxylation sites is 1. The quantitative estimate of drug-likeness (QED) is 0.160. The van der Waals surface area contributed by atoms with Crippen LogP contribution in [0.1, 0.15) is 0 Å². The van der Waals surface area contributed by atoms with Crippen LogP contribution in [0.5, 0.6) is 0 Å². The minimum Gasteiger partial charge on any atom is -0.456 e. The molecule has 0 saturated heterocycles. The van der Waals surface area contributed by atoms with Crippen LogP contribution in [0.15, 0.2) is 217 Å². The normalized spacial score (nSPS) is 11.6. The summed E-state index contributed by atoms with van der Waals surface area (Å²) in [6, 6.07) is 76.6. The first-order valence-corrected chi connectivity index (χ1v) is 19.2. The number of benzene rings is 10. The van der Waals surface area contributed by atoms with Gasteiger partial charge in [0.15, 0.2) is 0 Å². The van der Waals surface area contributed by atoms with Gasteiger partial charge in [0.05, 0.1) is 5.69 Å². The second-order valence-corrected chi connectivity index (χ2v) is 14.4. The monoisotopic (exact) mass is 713 g/mol. The largest absolute Gasteiger partial charge is 0.456 e. The molecule has 0 saturated carbocycles. The molecule has 0 spiro atoms. The molecular weight excluding hydrogens is 679 g/mol. The van der Waals surface area contributed by atoms with Crippen molar-refractivity contribution in [1.29, 1.82) is 0 Å². The Labute approximate surface area is 325 Å². The third-order valence-corrected chi connectivity index (χ3v) is 11.3. The number of hydrogen-bond donors (Lipinski definition) is 0. The van der Waals surface area contributed by atoms with Gasteiger partial charge < -0.3 is 9.32 Å². The Kier molecular flexibility index (Phi) is 7.53. The van der Waals surface area contributed by atoms with Gasteiger partial charge in [0.1, 0.15) is 11.2 Å². The van der Waals surface area contributed by atoms with Crippen molar-refractivity contribution < 1.29 is 4.42 Å². The average Bonchev–Trinajstić information content (AvgIpc) is 3.66. The highest BCUT2D eigenvalue weighted by atomic mass is 16.3. The Balaban J connectivity index is 1.16. The van der Waals surface area contributed by atoms with Crippen LogP contribution < -0.4 is 4.90 Å². The van der Waals surface area contributed by atoms with Gasteiger partial charge in [-0.3, -0.25) is 0 Å². The second-order valence-electron chi connectivity index (χ2n) is 14.4. The van der Waals surface area contributed by atoms with Gasteiger partial charge in [-0.05, 0) is 91.1 Å². The smallest absolute Gasteiger partial charge is 0.136 e. The molecule has 262 valence electrons. The molecule has 2 nitrogen and oxygen atoms in total. The third-order valence-electron chi connectivity index (χ3n) is 11.3. The molecule has 11 rings (SSSR count). The van der Waals surface area contributed by atoms with Gasteiger partial charge in [-0.15, -0.1) is 0 Å². The molecule has 0 N–H and O–H groups in total. The molecule has 0 atom stereocenters. The molecule has 0 bridgehead atoms. The highest BCUT2D eigenvalue weighted by molar-refractivity contribution is 6.22. The lowest BCUT2D eigenvalue weighted by Gasteiger charge is -2.31. The minimum absolute atomic E-state index is 0.899. The molecule has 2 heteroatoms. The van der Waals surface area contributed by atoms with Crippen LogP contribution in [0.2, 0.25) is 0 Å². The molecule has 0 aliphatic rings. The zero-order valence-electron chi connectivity index (χ0n) is 30.6. The maximum atomic E-state index is 6.28. The second kappa shape index (κ2) is 13.2. The number of nitrogens with zero attached hydrogens (tertiary/aromatic N) is 1. The number of anilines is 3. The van der Waals surface area contributed by atoms with E-state index >= 15 is 0 Å². The fraction of sp³-hybridized carbons (Fsp3) is 0. The van der Waals surface area contributed by atoms with Gasteiger partial charge >= 0.3 is 0 Å². The van der Waals surface area contributed by atoms with Crippen LogP contribution in [-0.4, -0.2) is 0 Å². The lowest BCUT2D eigenvalue weighted by molar-refractivity contribution is 0.669. The van der Waals surface area contributed by atoms with Gasteiger partial charge in [-0.2, -0.15) is 0 Å². The number of hydrogen-bond acceptors (Lipinski definition) is 2. The van der Waals surface area contributed by atoms with E-state index in [1.807, 2.05) is 12.1 Å². The molecule has 1 aromatic heterocycles. The summed E-state index contributed by atoms with van der Waals surface area (Å²) < 4.78 is 6.28. The van der Waals surface area contributed by atoms with E-state index in [0.29, 0.717) is 0 Å². The van der Waals surface area contributed by atoms with Crippen molar-refractivity contribution in [1.82, 2.24) is 0 Å². The zero-order valence-corrected chi connectivity index (χ0v) is 30.6. The number of furan rings is 1. The summed E-state index contributed by atoms with van der Waals surface area (Å²) in [6.07, 6.45) is 0.